The van der Waals surface area contributed by atoms with Crippen molar-refractivity contribution in [2.24, 2.45) is 0 Å². The summed E-state index contributed by atoms with van der Waals surface area (Å²) in [4.78, 5) is 27.2. The van der Waals surface area contributed by atoms with Crippen LogP contribution in [0.15, 0.2) is 53.4 Å². The molecule has 10 heteroatoms. The lowest BCUT2D eigenvalue weighted by atomic mass is 10.1. The van der Waals surface area contributed by atoms with Gasteiger partial charge in [0.15, 0.2) is 0 Å². The number of amides is 2. The van der Waals surface area contributed by atoms with Crippen LogP contribution in [0.1, 0.15) is 37.8 Å². The van der Waals surface area contributed by atoms with Gasteiger partial charge in [-0.15, -0.1) is 0 Å². The SMILES string of the molecule is CCNS(=O)(=O)c1ccc(CCC(=O)N(Cc2ccc(F)cc2)[C@@H](C)C(=O)NCCCO)cc1. The molecule has 2 rings (SSSR count). The second-order valence-electron chi connectivity index (χ2n) is 7.84. The summed E-state index contributed by atoms with van der Waals surface area (Å²) < 4.78 is 39.9. The third-order valence-corrected chi connectivity index (χ3v) is 6.82. The minimum absolute atomic E-state index is 0.0541. The predicted molar refractivity (Wildman–Crippen MR) is 127 cm³/mol. The molecule has 0 unspecified atom stereocenters. The molecule has 0 saturated carbocycles. The van der Waals surface area contributed by atoms with Crippen molar-refractivity contribution >= 4 is 21.8 Å². The molecule has 0 bridgehead atoms. The van der Waals surface area contributed by atoms with Gasteiger partial charge in [0, 0.05) is 32.7 Å². The van der Waals surface area contributed by atoms with Crippen LogP contribution in [-0.4, -0.2) is 56.0 Å². The van der Waals surface area contributed by atoms with Gasteiger partial charge in [0.1, 0.15) is 11.9 Å². The summed E-state index contributed by atoms with van der Waals surface area (Å²) >= 11 is 0. The largest absolute Gasteiger partial charge is 0.396 e. The first kappa shape index (κ1) is 27.4. The Morgan fingerprint density at radius 1 is 1.06 bits per heavy atom. The van der Waals surface area contributed by atoms with E-state index in [0.717, 1.165) is 5.56 Å². The molecule has 0 aliphatic heterocycles. The van der Waals surface area contributed by atoms with Gasteiger partial charge in [-0.3, -0.25) is 9.59 Å². The van der Waals surface area contributed by atoms with E-state index >= 15 is 0 Å². The van der Waals surface area contributed by atoms with Gasteiger partial charge in [-0.1, -0.05) is 31.2 Å². The first-order valence-corrected chi connectivity index (χ1v) is 12.7. The first-order chi connectivity index (χ1) is 16.2. The van der Waals surface area contributed by atoms with Crippen LogP contribution in [0.25, 0.3) is 0 Å². The zero-order valence-electron chi connectivity index (χ0n) is 19.5. The third kappa shape index (κ3) is 8.19. The molecule has 0 aromatic heterocycles. The topological polar surface area (TPSA) is 116 Å². The van der Waals surface area contributed by atoms with Crippen LogP contribution in [0, 0.1) is 5.82 Å². The Morgan fingerprint density at radius 2 is 1.68 bits per heavy atom. The molecule has 34 heavy (non-hydrogen) atoms. The van der Waals surface area contributed by atoms with Crippen LogP contribution >= 0.6 is 0 Å². The highest BCUT2D eigenvalue weighted by atomic mass is 32.2. The number of carbonyl (C=O) groups is 2. The molecule has 0 aliphatic rings. The number of benzene rings is 2. The van der Waals surface area contributed by atoms with Crippen LogP contribution in [0.5, 0.6) is 0 Å². The number of aliphatic hydroxyl groups excluding tert-OH is 1. The highest BCUT2D eigenvalue weighted by molar-refractivity contribution is 7.89. The van der Waals surface area contributed by atoms with Crippen molar-refractivity contribution in [2.45, 2.75) is 50.6 Å². The fourth-order valence-corrected chi connectivity index (χ4v) is 4.35. The number of aryl methyl sites for hydroxylation is 1. The molecule has 0 spiro atoms. The summed E-state index contributed by atoms with van der Waals surface area (Å²) in [6.07, 6.45) is 0.873. The van der Waals surface area contributed by atoms with Gasteiger partial charge in [-0.25, -0.2) is 17.5 Å². The van der Waals surface area contributed by atoms with Gasteiger partial charge in [0.05, 0.1) is 4.90 Å². The summed E-state index contributed by atoms with van der Waals surface area (Å²) in [5, 5.41) is 11.6. The maximum atomic E-state index is 13.3. The predicted octanol–water partition coefficient (Wildman–Crippen LogP) is 1.97. The molecule has 2 amide bonds. The summed E-state index contributed by atoms with van der Waals surface area (Å²) in [7, 11) is -3.55. The average Bonchev–Trinajstić information content (AvgIpc) is 2.82. The normalized spacial score (nSPS) is 12.2. The van der Waals surface area contributed by atoms with Crippen LogP contribution in [0.3, 0.4) is 0 Å². The number of nitrogens with zero attached hydrogens (tertiary/aromatic N) is 1. The number of hydrogen-bond acceptors (Lipinski definition) is 5. The van der Waals surface area contributed by atoms with E-state index < -0.39 is 21.9 Å². The molecule has 1 atom stereocenters. The van der Waals surface area contributed by atoms with Crippen molar-refractivity contribution in [1.29, 1.82) is 0 Å². The molecule has 186 valence electrons. The Balaban J connectivity index is 2.10. The van der Waals surface area contributed by atoms with Crippen molar-refractivity contribution in [1.82, 2.24) is 14.9 Å². The number of carbonyl (C=O) groups excluding carboxylic acids is 2. The van der Waals surface area contributed by atoms with E-state index in [0.29, 0.717) is 24.9 Å². The molecule has 0 aliphatic carbocycles. The minimum Gasteiger partial charge on any atom is -0.396 e. The van der Waals surface area contributed by atoms with Gasteiger partial charge in [-0.2, -0.15) is 0 Å². The minimum atomic E-state index is -3.55. The number of aliphatic hydroxyl groups is 1. The number of hydrogen-bond donors (Lipinski definition) is 3. The molecule has 2 aromatic rings. The summed E-state index contributed by atoms with van der Waals surface area (Å²) in [6.45, 7) is 3.98. The highest BCUT2D eigenvalue weighted by Crippen LogP contribution is 2.15. The monoisotopic (exact) mass is 493 g/mol. The fourth-order valence-electron chi connectivity index (χ4n) is 3.31. The Bertz CT molecular complexity index is 1040. The quantitative estimate of drug-likeness (QED) is 0.369. The van der Waals surface area contributed by atoms with Gasteiger partial charge < -0.3 is 15.3 Å². The lowest BCUT2D eigenvalue weighted by Crippen LogP contribution is -2.48. The fraction of sp³-hybridized carbons (Fsp3) is 0.417. The molecule has 3 N–H and O–H groups in total. The zero-order chi connectivity index (χ0) is 25.1. The van der Waals surface area contributed by atoms with E-state index in [1.54, 1.807) is 38.1 Å². The van der Waals surface area contributed by atoms with Crippen LogP contribution < -0.4 is 10.0 Å². The maximum Gasteiger partial charge on any atom is 0.242 e. The summed E-state index contributed by atoms with van der Waals surface area (Å²) in [5.41, 5.74) is 1.47. The summed E-state index contributed by atoms with van der Waals surface area (Å²) in [5.74, 6) is -1.00. The Kier molecular flexibility index (Phi) is 10.6. The van der Waals surface area contributed by atoms with Gasteiger partial charge in [0.2, 0.25) is 21.8 Å². The second kappa shape index (κ2) is 13.2. The Morgan fingerprint density at radius 3 is 2.26 bits per heavy atom. The molecule has 2 aromatic carbocycles. The summed E-state index contributed by atoms with van der Waals surface area (Å²) in [6, 6.07) is 11.3. The van der Waals surface area contributed by atoms with Crippen LogP contribution in [-0.2, 0) is 32.6 Å². The maximum absolute atomic E-state index is 13.3. The molecule has 0 radical (unpaired) electrons. The van der Waals surface area contributed by atoms with E-state index in [2.05, 4.69) is 10.0 Å². The second-order valence-corrected chi connectivity index (χ2v) is 9.60. The van der Waals surface area contributed by atoms with E-state index in [1.165, 1.54) is 29.2 Å². The molecule has 0 heterocycles. The lowest BCUT2D eigenvalue weighted by Gasteiger charge is -2.29. The van der Waals surface area contributed by atoms with Crippen molar-refractivity contribution in [3.8, 4) is 0 Å². The third-order valence-electron chi connectivity index (χ3n) is 5.26. The number of nitrogens with one attached hydrogen (secondary N) is 2. The van der Waals surface area contributed by atoms with Gasteiger partial charge >= 0.3 is 0 Å². The Hall–Kier alpha value is -2.82. The standard InChI is InChI=1S/C24H32FN3O5S/c1-3-27-34(32,33)22-12-7-19(8-13-22)9-14-23(30)28(17-20-5-10-21(25)11-6-20)18(2)24(31)26-15-4-16-29/h5-8,10-13,18,27,29H,3-4,9,14-17H2,1-2H3,(H,26,31)/t18-/m0/s1. The number of sulfonamides is 1. The van der Waals surface area contributed by atoms with Crippen molar-refractivity contribution < 1.29 is 27.5 Å². The van der Waals surface area contributed by atoms with E-state index in [1.807, 2.05) is 0 Å². The molecule has 0 saturated heterocycles. The average molecular weight is 494 g/mol. The smallest absolute Gasteiger partial charge is 0.242 e. The van der Waals surface area contributed by atoms with Crippen molar-refractivity contribution in [2.75, 3.05) is 19.7 Å². The van der Waals surface area contributed by atoms with Crippen molar-refractivity contribution in [3.05, 3.63) is 65.5 Å². The highest BCUT2D eigenvalue weighted by Gasteiger charge is 2.26. The molecular weight excluding hydrogens is 461 g/mol. The van der Waals surface area contributed by atoms with E-state index in [9.17, 15) is 22.4 Å². The number of halogens is 1. The molecule has 8 nitrogen and oxygen atoms in total. The van der Waals surface area contributed by atoms with Crippen LogP contribution in [0.2, 0.25) is 0 Å². The zero-order valence-corrected chi connectivity index (χ0v) is 20.3. The first-order valence-electron chi connectivity index (χ1n) is 11.2. The lowest BCUT2D eigenvalue weighted by molar-refractivity contribution is -0.140. The molecular formula is C24H32FN3O5S. The van der Waals surface area contributed by atoms with Crippen LogP contribution in [0.4, 0.5) is 4.39 Å². The van der Waals surface area contributed by atoms with E-state index in [-0.39, 0.29) is 42.8 Å². The number of rotatable bonds is 13. The van der Waals surface area contributed by atoms with Crippen molar-refractivity contribution in [3.63, 3.8) is 0 Å². The van der Waals surface area contributed by atoms with Gasteiger partial charge in [0.25, 0.3) is 0 Å². The Labute approximate surface area is 200 Å². The molecule has 0 fully saturated rings. The van der Waals surface area contributed by atoms with E-state index in [4.69, 9.17) is 5.11 Å². The van der Waals surface area contributed by atoms with Gasteiger partial charge in [-0.05, 0) is 55.2 Å².